The lowest BCUT2D eigenvalue weighted by Gasteiger charge is -2.32. The van der Waals surface area contributed by atoms with Crippen LogP contribution in [0.1, 0.15) is 19.3 Å². The topological polar surface area (TPSA) is 66.5 Å². The summed E-state index contributed by atoms with van der Waals surface area (Å²) in [5.74, 6) is -0.266. The number of piperidine rings is 1. The Kier molecular flexibility index (Phi) is 5.20. The molecule has 0 aliphatic carbocycles. The van der Waals surface area contributed by atoms with Crippen molar-refractivity contribution in [1.29, 1.82) is 0 Å². The van der Waals surface area contributed by atoms with E-state index in [1.807, 2.05) is 54.6 Å². The largest absolute Gasteiger partial charge is 0.325 e. The van der Waals surface area contributed by atoms with Crippen LogP contribution in [0.3, 0.4) is 0 Å². The van der Waals surface area contributed by atoms with Gasteiger partial charge in [-0.2, -0.15) is 4.31 Å². The summed E-state index contributed by atoms with van der Waals surface area (Å²) in [6.07, 6.45) is 3.37. The molecule has 2 aromatic rings. The number of rotatable bonds is 4. The Bertz CT molecular complexity index is 833. The van der Waals surface area contributed by atoms with Crippen LogP contribution in [0.25, 0.3) is 11.1 Å². The van der Waals surface area contributed by atoms with Gasteiger partial charge < -0.3 is 5.32 Å². The van der Waals surface area contributed by atoms with E-state index in [4.69, 9.17) is 0 Å². The van der Waals surface area contributed by atoms with Gasteiger partial charge in [0.05, 0.1) is 6.26 Å². The number of nitrogens with one attached hydrogen (secondary N) is 1. The van der Waals surface area contributed by atoms with E-state index in [2.05, 4.69) is 5.32 Å². The second-order valence-electron chi connectivity index (χ2n) is 6.32. The number of amides is 1. The first-order chi connectivity index (χ1) is 11.9. The van der Waals surface area contributed by atoms with E-state index in [0.29, 0.717) is 18.7 Å². The molecule has 1 atom stereocenters. The van der Waals surface area contributed by atoms with Crippen LogP contribution in [-0.4, -0.2) is 37.5 Å². The Morgan fingerprint density at radius 1 is 1.00 bits per heavy atom. The molecule has 132 valence electrons. The Morgan fingerprint density at radius 3 is 2.28 bits per heavy atom. The van der Waals surface area contributed by atoms with Crippen LogP contribution in [-0.2, 0) is 14.8 Å². The molecule has 25 heavy (non-hydrogen) atoms. The minimum Gasteiger partial charge on any atom is -0.325 e. The third-order valence-electron chi connectivity index (χ3n) is 4.44. The first-order valence-electron chi connectivity index (χ1n) is 8.38. The van der Waals surface area contributed by atoms with Gasteiger partial charge in [0.25, 0.3) is 0 Å². The average Bonchev–Trinajstić information content (AvgIpc) is 2.62. The zero-order chi connectivity index (χ0) is 17.9. The highest BCUT2D eigenvalue weighted by atomic mass is 32.2. The fourth-order valence-corrected chi connectivity index (χ4v) is 4.29. The van der Waals surface area contributed by atoms with Crippen LogP contribution in [0.5, 0.6) is 0 Å². The maximum absolute atomic E-state index is 12.6. The van der Waals surface area contributed by atoms with E-state index >= 15 is 0 Å². The number of nitrogens with zero attached hydrogens (tertiary/aromatic N) is 1. The number of hydrogen-bond donors (Lipinski definition) is 1. The maximum atomic E-state index is 12.6. The fourth-order valence-electron chi connectivity index (χ4n) is 3.17. The van der Waals surface area contributed by atoms with Gasteiger partial charge in [0, 0.05) is 12.2 Å². The van der Waals surface area contributed by atoms with Crippen molar-refractivity contribution in [3.63, 3.8) is 0 Å². The first-order valence-corrected chi connectivity index (χ1v) is 10.2. The smallest absolute Gasteiger partial charge is 0.242 e. The van der Waals surface area contributed by atoms with Crippen molar-refractivity contribution < 1.29 is 13.2 Å². The summed E-state index contributed by atoms with van der Waals surface area (Å²) in [6, 6.07) is 16.9. The van der Waals surface area contributed by atoms with Gasteiger partial charge in [-0.25, -0.2) is 8.42 Å². The van der Waals surface area contributed by atoms with Gasteiger partial charge in [0.15, 0.2) is 0 Å². The zero-order valence-corrected chi connectivity index (χ0v) is 15.0. The van der Waals surface area contributed by atoms with Crippen LogP contribution < -0.4 is 5.32 Å². The predicted molar refractivity (Wildman–Crippen MR) is 99.7 cm³/mol. The molecular weight excluding hydrogens is 336 g/mol. The summed E-state index contributed by atoms with van der Waals surface area (Å²) in [5.41, 5.74) is 2.84. The van der Waals surface area contributed by atoms with Crippen molar-refractivity contribution in [2.75, 3.05) is 18.1 Å². The SMILES string of the molecule is CS(=O)(=O)N1CCCCC1C(=O)Nc1ccc(-c2ccccc2)cc1. The fraction of sp³-hybridized carbons (Fsp3) is 0.316. The van der Waals surface area contributed by atoms with Gasteiger partial charge in [-0.05, 0) is 36.1 Å². The third kappa shape index (κ3) is 4.27. The molecular formula is C19H22N2O3S. The normalized spacial score (nSPS) is 18.7. The summed E-state index contributed by atoms with van der Waals surface area (Å²) in [6.45, 7) is 0.407. The van der Waals surface area contributed by atoms with Gasteiger partial charge >= 0.3 is 0 Å². The molecule has 0 radical (unpaired) electrons. The van der Waals surface area contributed by atoms with Crippen molar-refractivity contribution in [2.45, 2.75) is 25.3 Å². The minimum atomic E-state index is -3.38. The van der Waals surface area contributed by atoms with E-state index in [1.165, 1.54) is 4.31 Å². The first kappa shape index (κ1) is 17.6. The molecule has 5 nitrogen and oxygen atoms in total. The molecule has 0 spiro atoms. The molecule has 6 heteroatoms. The highest BCUT2D eigenvalue weighted by Gasteiger charge is 2.34. The van der Waals surface area contributed by atoms with Crippen molar-refractivity contribution >= 4 is 21.6 Å². The third-order valence-corrected chi connectivity index (χ3v) is 5.73. The molecule has 1 amide bonds. The quantitative estimate of drug-likeness (QED) is 0.913. The molecule has 3 rings (SSSR count). The molecule has 1 fully saturated rings. The highest BCUT2D eigenvalue weighted by Crippen LogP contribution is 2.23. The summed E-state index contributed by atoms with van der Waals surface area (Å²) in [5, 5.41) is 2.85. The molecule has 0 aromatic heterocycles. The lowest BCUT2D eigenvalue weighted by molar-refractivity contribution is -0.120. The Hall–Kier alpha value is -2.18. The molecule has 1 aliphatic rings. The van der Waals surface area contributed by atoms with Crippen LogP contribution in [0, 0.1) is 0 Å². The van der Waals surface area contributed by atoms with Crippen molar-refractivity contribution in [1.82, 2.24) is 4.31 Å². The summed E-state index contributed by atoms with van der Waals surface area (Å²) < 4.78 is 25.1. The Morgan fingerprint density at radius 2 is 1.64 bits per heavy atom. The van der Waals surface area contributed by atoms with E-state index in [0.717, 1.165) is 30.2 Å². The molecule has 2 aromatic carbocycles. The van der Waals surface area contributed by atoms with Gasteiger partial charge in [-0.3, -0.25) is 4.79 Å². The number of sulfonamides is 1. The molecule has 1 heterocycles. The zero-order valence-electron chi connectivity index (χ0n) is 14.2. The molecule has 1 aliphatic heterocycles. The second-order valence-corrected chi connectivity index (χ2v) is 8.25. The van der Waals surface area contributed by atoms with Gasteiger partial charge in [-0.1, -0.05) is 48.9 Å². The lowest BCUT2D eigenvalue weighted by Crippen LogP contribution is -2.49. The highest BCUT2D eigenvalue weighted by molar-refractivity contribution is 7.88. The van der Waals surface area contributed by atoms with Crippen LogP contribution >= 0.6 is 0 Å². The monoisotopic (exact) mass is 358 g/mol. The number of carbonyl (C=O) groups excluding carboxylic acids is 1. The number of carbonyl (C=O) groups is 1. The maximum Gasteiger partial charge on any atom is 0.242 e. The van der Waals surface area contributed by atoms with E-state index < -0.39 is 16.1 Å². The molecule has 1 unspecified atom stereocenters. The van der Waals surface area contributed by atoms with Gasteiger partial charge in [-0.15, -0.1) is 0 Å². The van der Waals surface area contributed by atoms with E-state index in [1.54, 1.807) is 0 Å². The number of hydrogen-bond acceptors (Lipinski definition) is 3. The van der Waals surface area contributed by atoms with Crippen molar-refractivity contribution in [3.05, 3.63) is 54.6 Å². The summed E-state index contributed by atoms with van der Waals surface area (Å²) in [7, 11) is -3.38. The van der Waals surface area contributed by atoms with Gasteiger partial charge in [0.2, 0.25) is 15.9 Å². The van der Waals surface area contributed by atoms with Crippen LogP contribution in [0.4, 0.5) is 5.69 Å². The molecule has 0 saturated carbocycles. The van der Waals surface area contributed by atoms with Gasteiger partial charge in [0.1, 0.15) is 6.04 Å². The minimum absolute atomic E-state index is 0.266. The van der Waals surface area contributed by atoms with E-state index in [-0.39, 0.29) is 5.91 Å². The Balaban J connectivity index is 1.72. The van der Waals surface area contributed by atoms with Crippen LogP contribution in [0.2, 0.25) is 0 Å². The second kappa shape index (κ2) is 7.37. The average molecular weight is 358 g/mol. The van der Waals surface area contributed by atoms with Crippen LogP contribution in [0.15, 0.2) is 54.6 Å². The predicted octanol–water partition coefficient (Wildman–Crippen LogP) is 3.11. The Labute approximate surface area is 148 Å². The van der Waals surface area contributed by atoms with Crippen molar-refractivity contribution in [3.8, 4) is 11.1 Å². The number of benzene rings is 2. The number of anilines is 1. The lowest BCUT2D eigenvalue weighted by atomic mass is 10.0. The standard InChI is InChI=1S/C19H22N2O3S/c1-25(23,24)21-14-6-5-9-18(21)19(22)20-17-12-10-16(11-13-17)15-7-3-2-4-8-15/h2-4,7-8,10-13,18H,5-6,9,14H2,1H3,(H,20,22). The van der Waals surface area contributed by atoms with E-state index in [9.17, 15) is 13.2 Å². The molecule has 1 saturated heterocycles. The summed E-state index contributed by atoms with van der Waals surface area (Å²) >= 11 is 0. The van der Waals surface area contributed by atoms with Crippen molar-refractivity contribution in [2.24, 2.45) is 0 Å². The molecule has 1 N–H and O–H groups in total. The summed E-state index contributed by atoms with van der Waals surface area (Å²) in [4.78, 5) is 12.6. The molecule has 0 bridgehead atoms.